The number of halogens is 5. The predicted octanol–water partition coefficient (Wildman–Crippen LogP) is 3.26. The molecule has 0 aromatic heterocycles. The fourth-order valence-corrected chi connectivity index (χ4v) is 1.54. The normalized spacial score (nSPS) is 11.4. The third-order valence-electron chi connectivity index (χ3n) is 1.60. The van der Waals surface area contributed by atoms with Gasteiger partial charge in [-0.2, -0.15) is 0 Å². The number of benzene rings is 1. The Bertz CT molecular complexity index is 453. The average Bonchev–Trinajstić information content (AvgIpc) is 2.13. The molecule has 94 valence electrons. The second-order valence-corrected chi connectivity index (χ2v) is 3.87. The second kappa shape index (κ2) is 4.90. The lowest BCUT2D eigenvalue weighted by Gasteiger charge is -2.15. The third kappa shape index (κ3) is 3.88. The Hall–Kier alpha value is -1.32. The number of ether oxygens (including phenoxy) is 1. The van der Waals surface area contributed by atoms with E-state index >= 15 is 0 Å². The monoisotopic (exact) mass is 316 g/mol. The van der Waals surface area contributed by atoms with Gasteiger partial charge in [-0.15, -0.1) is 0 Å². The average molecular weight is 317 g/mol. The van der Waals surface area contributed by atoms with E-state index in [9.17, 15) is 27.5 Å². The first kappa shape index (κ1) is 13.7. The smallest absolute Gasteiger partial charge is 0.515 e. The van der Waals surface area contributed by atoms with Crippen molar-refractivity contribution in [2.45, 2.75) is 0 Å². The molecule has 17 heavy (non-hydrogen) atoms. The van der Waals surface area contributed by atoms with Gasteiger partial charge in [0.15, 0.2) is 0 Å². The first-order valence-electron chi connectivity index (χ1n) is 4.18. The quantitative estimate of drug-likeness (QED) is 0.371. The van der Waals surface area contributed by atoms with Gasteiger partial charge in [0.05, 0.1) is 22.0 Å². The molecule has 0 spiro atoms. The van der Waals surface area contributed by atoms with Crippen LogP contribution in [0.5, 0.6) is 5.75 Å². The summed E-state index contributed by atoms with van der Waals surface area (Å²) in [5, 5.41) is 10.5. The fraction of sp³-hybridized carbons (Fsp3) is 0.143. The van der Waals surface area contributed by atoms with Crippen molar-refractivity contribution >= 4 is 28.6 Å². The van der Waals surface area contributed by atoms with E-state index in [1.807, 2.05) is 0 Å². The maximum Gasteiger partial charge on any atom is 0.515 e. The van der Waals surface area contributed by atoms with Crippen molar-refractivity contribution in [3.05, 3.63) is 32.5 Å². The summed E-state index contributed by atoms with van der Waals surface area (Å²) in [6.45, 7) is -6.88. The minimum absolute atomic E-state index is 0.246. The molecule has 0 bridgehead atoms. The van der Waals surface area contributed by atoms with Crippen LogP contribution in [0.3, 0.4) is 0 Å². The van der Waals surface area contributed by atoms with Gasteiger partial charge in [0.2, 0.25) is 5.75 Å². The topological polar surface area (TPSA) is 52.4 Å². The SMILES string of the molecule is O=[N+]([O-])c1cc(F)cc(Br)c1OC[B-](F)(F)F. The molecular weight excluding hydrogens is 313 g/mol. The Labute approximate surface area is 101 Å². The van der Waals surface area contributed by atoms with Gasteiger partial charge in [-0.1, -0.05) is 0 Å². The standard InChI is InChI=1S/C7H4BBrF4NO3/c9-5-1-4(10)2-6(14(15)16)7(5)17-3-8(11,12)13/h1-2H,3H2/q-1. The van der Waals surface area contributed by atoms with Crippen LogP contribution < -0.4 is 4.74 Å². The van der Waals surface area contributed by atoms with Crippen molar-refractivity contribution in [2.75, 3.05) is 6.51 Å². The van der Waals surface area contributed by atoms with Crippen LogP contribution in [-0.2, 0) is 0 Å². The van der Waals surface area contributed by atoms with Gasteiger partial charge in [-0.25, -0.2) is 4.39 Å². The Morgan fingerprint density at radius 3 is 2.47 bits per heavy atom. The maximum atomic E-state index is 12.8. The highest BCUT2D eigenvalue weighted by molar-refractivity contribution is 9.10. The van der Waals surface area contributed by atoms with Crippen LogP contribution in [0.25, 0.3) is 0 Å². The van der Waals surface area contributed by atoms with Gasteiger partial charge >= 0.3 is 12.7 Å². The first-order valence-corrected chi connectivity index (χ1v) is 4.97. The highest BCUT2D eigenvalue weighted by Gasteiger charge is 2.28. The summed E-state index contributed by atoms with van der Waals surface area (Å²) in [6, 6.07) is 1.27. The number of hydrogen-bond acceptors (Lipinski definition) is 3. The summed E-state index contributed by atoms with van der Waals surface area (Å²) in [7, 11) is 0. The Kier molecular flexibility index (Phi) is 3.96. The lowest BCUT2D eigenvalue weighted by Crippen LogP contribution is -2.26. The summed E-state index contributed by atoms with van der Waals surface area (Å²) in [5.41, 5.74) is -0.864. The largest absolute Gasteiger partial charge is 0.516 e. The molecule has 0 aliphatic rings. The summed E-state index contributed by atoms with van der Waals surface area (Å²) in [4.78, 5) is 9.49. The van der Waals surface area contributed by atoms with E-state index in [1.54, 1.807) is 0 Å². The zero-order valence-corrected chi connectivity index (χ0v) is 9.59. The molecule has 0 saturated heterocycles. The van der Waals surface area contributed by atoms with Gasteiger partial charge in [0.25, 0.3) is 0 Å². The molecule has 0 fully saturated rings. The van der Waals surface area contributed by atoms with Gasteiger partial charge in [0.1, 0.15) is 5.82 Å². The summed E-state index contributed by atoms with van der Waals surface area (Å²) < 4.78 is 52.8. The van der Waals surface area contributed by atoms with E-state index in [-0.39, 0.29) is 4.47 Å². The van der Waals surface area contributed by atoms with Crippen molar-refractivity contribution in [3.63, 3.8) is 0 Å². The molecule has 0 amide bonds. The Balaban J connectivity index is 3.09. The molecule has 4 nitrogen and oxygen atoms in total. The van der Waals surface area contributed by atoms with Crippen LogP contribution in [0.2, 0.25) is 0 Å². The summed E-state index contributed by atoms with van der Waals surface area (Å²) >= 11 is 2.70. The van der Waals surface area contributed by atoms with E-state index in [0.29, 0.717) is 6.07 Å². The Morgan fingerprint density at radius 1 is 1.41 bits per heavy atom. The number of rotatable bonds is 4. The second-order valence-electron chi connectivity index (χ2n) is 3.01. The van der Waals surface area contributed by atoms with Crippen LogP contribution >= 0.6 is 15.9 Å². The van der Waals surface area contributed by atoms with Crippen molar-refractivity contribution in [1.82, 2.24) is 0 Å². The van der Waals surface area contributed by atoms with Gasteiger partial charge in [-0.05, 0) is 22.0 Å². The number of nitrogens with zero attached hydrogens (tertiary/aromatic N) is 1. The van der Waals surface area contributed by atoms with E-state index < -0.39 is 35.7 Å². The van der Waals surface area contributed by atoms with Gasteiger partial charge in [-0.3, -0.25) is 10.1 Å². The van der Waals surface area contributed by atoms with Gasteiger partial charge in [0, 0.05) is 0 Å². The van der Waals surface area contributed by atoms with E-state index in [1.165, 1.54) is 0 Å². The third-order valence-corrected chi connectivity index (χ3v) is 2.19. The molecule has 0 atom stereocenters. The minimum Gasteiger partial charge on any atom is -0.516 e. The van der Waals surface area contributed by atoms with Crippen molar-refractivity contribution in [2.24, 2.45) is 0 Å². The number of nitro benzene ring substituents is 1. The van der Waals surface area contributed by atoms with Crippen molar-refractivity contribution < 1.29 is 27.0 Å². The molecule has 1 aromatic rings. The molecule has 0 heterocycles. The molecule has 0 unspecified atom stereocenters. The summed E-state index contributed by atoms with van der Waals surface area (Å²) in [6.07, 6.45) is 0. The fourth-order valence-electron chi connectivity index (χ4n) is 1.00. The molecule has 1 aromatic carbocycles. The van der Waals surface area contributed by atoms with Crippen LogP contribution in [-0.4, -0.2) is 18.4 Å². The minimum atomic E-state index is -5.25. The molecular formula is C7H4BBrF4NO3-. The van der Waals surface area contributed by atoms with Crippen LogP contribution in [0.4, 0.5) is 23.0 Å². The Morgan fingerprint density at radius 2 is 2.00 bits per heavy atom. The zero-order valence-electron chi connectivity index (χ0n) is 8.00. The summed E-state index contributed by atoms with van der Waals surface area (Å²) in [5.74, 6) is -1.59. The molecule has 1 rings (SSSR count). The molecule has 0 aliphatic carbocycles. The lowest BCUT2D eigenvalue weighted by molar-refractivity contribution is -0.386. The highest BCUT2D eigenvalue weighted by atomic mass is 79.9. The van der Waals surface area contributed by atoms with E-state index in [0.717, 1.165) is 6.07 Å². The molecule has 0 saturated carbocycles. The highest BCUT2D eigenvalue weighted by Crippen LogP contribution is 2.36. The first-order chi connectivity index (χ1) is 7.70. The van der Waals surface area contributed by atoms with Crippen LogP contribution in [0.15, 0.2) is 16.6 Å². The molecule has 10 heteroatoms. The van der Waals surface area contributed by atoms with E-state index in [4.69, 9.17) is 0 Å². The van der Waals surface area contributed by atoms with E-state index in [2.05, 4.69) is 20.7 Å². The number of nitro groups is 1. The van der Waals surface area contributed by atoms with Crippen LogP contribution in [0.1, 0.15) is 0 Å². The maximum absolute atomic E-state index is 12.8. The lowest BCUT2D eigenvalue weighted by atomic mass is 9.95. The zero-order chi connectivity index (χ0) is 13.2. The predicted molar refractivity (Wildman–Crippen MR) is 55.3 cm³/mol. The molecule has 0 aliphatic heterocycles. The van der Waals surface area contributed by atoms with Crippen LogP contribution in [0, 0.1) is 15.9 Å². The number of hydrogen-bond donors (Lipinski definition) is 0. The van der Waals surface area contributed by atoms with Crippen molar-refractivity contribution in [3.8, 4) is 5.75 Å². The van der Waals surface area contributed by atoms with Crippen molar-refractivity contribution in [1.29, 1.82) is 0 Å². The molecule has 0 radical (unpaired) electrons. The molecule has 0 N–H and O–H groups in total. The van der Waals surface area contributed by atoms with Gasteiger partial charge < -0.3 is 17.7 Å².